The molecule has 360 valence electrons. The van der Waals surface area contributed by atoms with Crippen LogP contribution in [-0.2, 0) is 28.4 Å². The summed E-state index contributed by atoms with van der Waals surface area (Å²) in [6, 6.07) is 19.5. The van der Waals surface area contributed by atoms with Crippen LogP contribution in [0.1, 0.15) is 101 Å². The van der Waals surface area contributed by atoms with Gasteiger partial charge in [0.1, 0.15) is 32.9 Å². The Hall–Kier alpha value is -4.92. The number of halogens is 4. The average molecular weight is 1010 g/mol. The van der Waals surface area contributed by atoms with Gasteiger partial charge in [0.15, 0.2) is 0 Å². The van der Waals surface area contributed by atoms with Gasteiger partial charge in [-0.3, -0.25) is 19.2 Å². The van der Waals surface area contributed by atoms with Crippen molar-refractivity contribution in [3.05, 3.63) is 127 Å². The van der Waals surface area contributed by atoms with Crippen molar-refractivity contribution >= 4 is 92.0 Å². The first-order valence-corrected chi connectivity index (χ1v) is 22.5. The summed E-state index contributed by atoms with van der Waals surface area (Å²) in [4.78, 5) is 49.7. The second-order valence-electron chi connectivity index (χ2n) is 15.2. The van der Waals surface area contributed by atoms with Gasteiger partial charge >= 0.3 is 30.8 Å². The summed E-state index contributed by atoms with van der Waals surface area (Å²) in [6.45, 7) is 5.20. The topological polar surface area (TPSA) is 221 Å². The Morgan fingerprint density at radius 1 is 0.603 bits per heavy atom. The number of aliphatic hydroxyl groups is 2. The summed E-state index contributed by atoms with van der Waals surface area (Å²) >= 11 is 25.2. The van der Waals surface area contributed by atoms with E-state index in [2.05, 4.69) is 10.6 Å². The monoisotopic (exact) mass is 1010 g/mol. The van der Waals surface area contributed by atoms with E-state index >= 15 is 0 Å². The number of carboxylic acids is 1. The van der Waals surface area contributed by atoms with E-state index in [9.17, 15) is 34.5 Å². The number of aliphatic hydroxyl groups excluding tert-OH is 2. The number of nitrogens with one attached hydrogen (secondary N) is 2. The number of aromatic nitrogens is 2. The fourth-order valence-electron chi connectivity index (χ4n) is 7.69. The number of benzene rings is 4. The quantitative estimate of drug-likeness (QED) is 0.0499. The molecule has 0 saturated carbocycles. The molecule has 0 aliphatic heterocycles. The van der Waals surface area contributed by atoms with Crippen molar-refractivity contribution in [2.24, 2.45) is 14.1 Å². The summed E-state index contributed by atoms with van der Waals surface area (Å²) in [5, 5.41) is 37.2. The first-order chi connectivity index (χ1) is 31.5. The van der Waals surface area contributed by atoms with Crippen LogP contribution < -0.4 is 39.0 Å². The number of rotatable bonds is 17. The largest absolute Gasteiger partial charge is 1.00 e. The zero-order valence-electron chi connectivity index (χ0n) is 38.8. The Morgan fingerprint density at radius 3 is 1.26 bits per heavy atom. The summed E-state index contributed by atoms with van der Waals surface area (Å²) < 4.78 is 19.0. The van der Waals surface area contributed by atoms with Crippen LogP contribution in [0.3, 0.4) is 0 Å². The molecule has 68 heavy (non-hydrogen) atoms. The van der Waals surface area contributed by atoms with Crippen molar-refractivity contribution in [3.8, 4) is 11.5 Å². The summed E-state index contributed by atoms with van der Waals surface area (Å²) in [5.41, 5.74) is 4.90. The number of amides is 2. The molecule has 0 radical (unpaired) electrons. The molecule has 0 spiro atoms. The van der Waals surface area contributed by atoms with Gasteiger partial charge in [0.05, 0.1) is 79.0 Å². The SMILES string of the molecule is CCC(C(=O)O)c1ccc([C@@H](CO)NC(=O)c2cc3c(Cl)c(Cl)c(OC)cc3n2C)cc1.CCOC(=O)C(CC)c1ccc([C@@H](CO)NC(=O)c2cc3c(Cl)c(Cl)c(OC)cc3n2C)cc1.[Li+].[OH-]. The van der Waals surface area contributed by atoms with E-state index in [1.165, 1.54) is 14.2 Å². The molecule has 0 fully saturated rings. The molecule has 4 atom stereocenters. The number of methoxy groups -OCH3 is 2. The Balaban J connectivity index is 0.000000351. The van der Waals surface area contributed by atoms with Crippen molar-refractivity contribution in [1.82, 2.24) is 19.8 Å². The van der Waals surface area contributed by atoms with E-state index in [-0.39, 0.29) is 70.4 Å². The van der Waals surface area contributed by atoms with Gasteiger partial charge in [0, 0.05) is 37.0 Å². The minimum Gasteiger partial charge on any atom is -0.870 e. The van der Waals surface area contributed by atoms with Crippen LogP contribution in [0.4, 0.5) is 0 Å². The molecule has 4 aromatic carbocycles. The molecule has 0 aliphatic rings. The van der Waals surface area contributed by atoms with Crippen molar-refractivity contribution in [2.75, 3.05) is 34.0 Å². The Labute approximate surface area is 426 Å². The summed E-state index contributed by atoms with van der Waals surface area (Å²) in [7, 11) is 6.44. The molecular formula is C48H53Cl4LiN4O11. The molecule has 0 saturated heterocycles. The maximum Gasteiger partial charge on any atom is 1.00 e. The van der Waals surface area contributed by atoms with Gasteiger partial charge in [-0.25, -0.2) is 0 Å². The van der Waals surface area contributed by atoms with E-state index in [1.807, 2.05) is 26.0 Å². The standard InChI is InChI=1S/C25H28Cl2N2O5.C23H24Cl2N2O5.Li.H2O/c1-5-16(25(32)34-6-2)14-7-9-15(10-8-14)18(13-30)28-24(31)20-11-17-19(29(20)3)12-21(33-4)23(27)22(17)26;1-4-14(23(30)31)12-5-7-13(8-6-12)16(11-28)26-22(29)18-9-15-17(27(18)2)10-19(32-3)21(25)20(15)24;;/h7-12,16,18,30H,5-6,13H2,1-4H3,(H,28,31);5-10,14,16,28H,4,11H2,1-3H3,(H,26,29)(H,30,31);;1H2/q;;+1;/p-1/t16?,18-;14?,16-;;/m11../s1. The number of nitrogens with zero attached hydrogens (tertiary/aromatic N) is 2. The van der Waals surface area contributed by atoms with Crippen molar-refractivity contribution in [3.63, 3.8) is 0 Å². The average Bonchev–Trinajstić information content (AvgIpc) is 3.83. The minimum atomic E-state index is -0.890. The fourth-order valence-corrected chi connectivity index (χ4v) is 8.64. The number of hydrogen-bond acceptors (Lipinski definition) is 10. The van der Waals surface area contributed by atoms with Gasteiger partial charge in [-0.2, -0.15) is 0 Å². The first kappa shape index (κ1) is 57.4. The summed E-state index contributed by atoms with van der Waals surface area (Å²) in [5.74, 6) is -2.10. The second-order valence-corrected chi connectivity index (χ2v) is 16.7. The molecule has 2 unspecified atom stereocenters. The molecule has 20 heteroatoms. The maximum atomic E-state index is 13.1. The number of carbonyl (C=O) groups excluding carboxylic acids is 3. The van der Waals surface area contributed by atoms with Crippen LogP contribution in [0.5, 0.6) is 11.5 Å². The smallest absolute Gasteiger partial charge is 0.870 e. The van der Waals surface area contributed by atoms with Crippen LogP contribution in [0.15, 0.2) is 72.8 Å². The Kier molecular flexibility index (Phi) is 21.6. The van der Waals surface area contributed by atoms with Crippen molar-refractivity contribution in [2.45, 2.75) is 57.5 Å². The van der Waals surface area contributed by atoms with Crippen molar-refractivity contribution in [1.29, 1.82) is 0 Å². The number of aryl methyl sites for hydroxylation is 2. The second kappa shape index (κ2) is 25.6. The number of fused-ring (bicyclic) bond motifs is 2. The van der Waals surface area contributed by atoms with Crippen LogP contribution in [0.25, 0.3) is 21.8 Å². The van der Waals surface area contributed by atoms with Crippen LogP contribution in [0, 0.1) is 0 Å². The predicted molar refractivity (Wildman–Crippen MR) is 259 cm³/mol. The molecular weight excluding hydrogens is 957 g/mol. The molecule has 6 N–H and O–H groups in total. The predicted octanol–water partition coefficient (Wildman–Crippen LogP) is 6.38. The Bertz CT molecular complexity index is 2730. The van der Waals surface area contributed by atoms with Gasteiger partial charge < -0.3 is 54.8 Å². The third-order valence-corrected chi connectivity index (χ3v) is 13.2. The van der Waals surface area contributed by atoms with E-state index in [0.29, 0.717) is 85.9 Å². The zero-order chi connectivity index (χ0) is 48.6. The van der Waals surface area contributed by atoms with Crippen LogP contribution in [0.2, 0.25) is 20.1 Å². The zero-order valence-corrected chi connectivity index (χ0v) is 41.8. The number of aliphatic carboxylic acids is 1. The third-order valence-electron chi connectivity index (χ3n) is 11.4. The van der Waals surface area contributed by atoms with Gasteiger partial charge in [0.25, 0.3) is 11.8 Å². The van der Waals surface area contributed by atoms with Gasteiger partial charge in [-0.05, 0) is 54.2 Å². The first-order valence-electron chi connectivity index (χ1n) is 21.0. The molecule has 2 amide bonds. The molecule has 0 bridgehead atoms. The van der Waals surface area contributed by atoms with Crippen LogP contribution >= 0.6 is 46.4 Å². The molecule has 0 aliphatic carbocycles. The molecule has 6 rings (SSSR count). The molecule has 15 nitrogen and oxygen atoms in total. The van der Waals surface area contributed by atoms with Gasteiger partial charge in [-0.15, -0.1) is 0 Å². The molecule has 6 aromatic rings. The number of ether oxygens (including phenoxy) is 3. The third kappa shape index (κ3) is 12.3. The summed E-state index contributed by atoms with van der Waals surface area (Å²) in [6.07, 6.45) is 1.07. The molecule has 2 aromatic heterocycles. The maximum absolute atomic E-state index is 13.1. The van der Waals surface area contributed by atoms with Crippen molar-refractivity contribution < 1.29 is 73.0 Å². The number of carboxylic acid groups (broad SMARTS) is 1. The van der Waals surface area contributed by atoms with Crippen LogP contribution in [-0.4, -0.2) is 87.7 Å². The number of carbonyl (C=O) groups is 4. The fraction of sp³-hybridized carbons (Fsp3) is 0.333. The minimum absolute atomic E-state index is 0. The van der Waals surface area contributed by atoms with E-state index in [1.54, 1.807) is 90.8 Å². The van der Waals surface area contributed by atoms with E-state index in [0.717, 1.165) is 5.56 Å². The van der Waals surface area contributed by atoms with Gasteiger partial charge in [0.2, 0.25) is 0 Å². The molecule has 2 heterocycles. The Morgan fingerprint density at radius 2 is 0.956 bits per heavy atom. The van der Waals surface area contributed by atoms with E-state index < -0.39 is 29.9 Å². The van der Waals surface area contributed by atoms with E-state index in [4.69, 9.17) is 60.6 Å². The normalized spacial score (nSPS) is 12.6. The van der Waals surface area contributed by atoms with Gasteiger partial charge in [-0.1, -0.05) is 109 Å². The number of esters is 1. The number of hydrogen-bond donors (Lipinski definition) is 5.